The van der Waals surface area contributed by atoms with Crippen LogP contribution in [0.3, 0.4) is 0 Å². The van der Waals surface area contributed by atoms with Crippen molar-refractivity contribution >= 4 is 49.4 Å². The van der Waals surface area contributed by atoms with Crippen LogP contribution >= 0.6 is 43.5 Å². The van der Waals surface area contributed by atoms with Gasteiger partial charge in [-0.15, -0.1) is 0 Å². The second kappa shape index (κ2) is 6.62. The smallest absolute Gasteiger partial charge is 0.251 e. The summed E-state index contributed by atoms with van der Waals surface area (Å²) in [6.45, 7) is 2.70. The van der Waals surface area contributed by atoms with Gasteiger partial charge in [0.15, 0.2) is 0 Å². The maximum Gasteiger partial charge on any atom is 0.251 e. The number of rotatable bonds is 4. The van der Waals surface area contributed by atoms with Crippen LogP contribution in [0.2, 0.25) is 5.02 Å². The fourth-order valence-electron chi connectivity index (χ4n) is 1.12. The molecule has 0 bridgehead atoms. The van der Waals surface area contributed by atoms with Gasteiger partial charge in [-0.1, -0.05) is 34.5 Å². The normalized spacial score (nSPS) is 12.2. The Kier molecular flexibility index (Phi) is 5.79. The highest BCUT2D eigenvalue weighted by molar-refractivity contribution is 9.10. The first-order chi connectivity index (χ1) is 7.50. The number of hydrogen-bond acceptors (Lipinski definition) is 1. The Bertz CT molecular complexity index is 382. The average Bonchev–Trinajstić information content (AvgIpc) is 2.21. The van der Waals surface area contributed by atoms with Gasteiger partial charge in [0.25, 0.3) is 5.91 Å². The van der Waals surface area contributed by atoms with Crippen molar-refractivity contribution in [3.05, 3.63) is 33.3 Å². The van der Waals surface area contributed by atoms with Crippen molar-refractivity contribution in [2.45, 2.75) is 18.2 Å². The molecule has 0 fully saturated rings. The zero-order valence-corrected chi connectivity index (χ0v) is 12.7. The van der Waals surface area contributed by atoms with Gasteiger partial charge in [-0.2, -0.15) is 0 Å². The van der Waals surface area contributed by atoms with E-state index in [0.717, 1.165) is 10.9 Å². The molecule has 1 N–H and O–H groups in total. The summed E-state index contributed by atoms with van der Waals surface area (Å²) in [6, 6.07) is 5.13. The van der Waals surface area contributed by atoms with Crippen LogP contribution in [-0.4, -0.2) is 17.3 Å². The quantitative estimate of drug-likeness (QED) is 0.799. The average molecular weight is 369 g/mol. The van der Waals surface area contributed by atoms with Gasteiger partial charge in [-0.3, -0.25) is 4.79 Å². The molecule has 16 heavy (non-hydrogen) atoms. The van der Waals surface area contributed by atoms with Crippen LogP contribution in [0.5, 0.6) is 0 Å². The van der Waals surface area contributed by atoms with E-state index in [9.17, 15) is 4.79 Å². The third-order valence-electron chi connectivity index (χ3n) is 2.01. The first-order valence-electron chi connectivity index (χ1n) is 4.88. The summed E-state index contributed by atoms with van der Waals surface area (Å²) >= 11 is 12.6. The van der Waals surface area contributed by atoms with Crippen LogP contribution in [0.15, 0.2) is 22.7 Å². The van der Waals surface area contributed by atoms with Crippen molar-refractivity contribution in [3.63, 3.8) is 0 Å². The third kappa shape index (κ3) is 4.44. The number of amides is 1. The number of carbonyl (C=O) groups is 1. The Morgan fingerprint density at radius 1 is 1.56 bits per heavy atom. The molecule has 0 aliphatic carbocycles. The Balaban J connectivity index is 2.56. The summed E-state index contributed by atoms with van der Waals surface area (Å²) in [5.41, 5.74) is 0.610. The molecule has 2 nitrogen and oxygen atoms in total. The van der Waals surface area contributed by atoms with E-state index in [1.165, 1.54) is 0 Å². The summed E-state index contributed by atoms with van der Waals surface area (Å²) in [6.07, 6.45) is 0.903. The molecule has 1 unspecified atom stereocenters. The van der Waals surface area contributed by atoms with Crippen LogP contribution in [0.4, 0.5) is 0 Å². The fourth-order valence-corrected chi connectivity index (χ4v) is 1.85. The molecule has 1 atom stereocenters. The van der Waals surface area contributed by atoms with Crippen molar-refractivity contribution in [2.75, 3.05) is 6.54 Å². The Hall–Kier alpha value is -0.0600. The number of nitrogens with one attached hydrogen (secondary N) is 1. The highest BCUT2D eigenvalue weighted by Crippen LogP contribution is 2.23. The SMILES string of the molecule is CC(Br)CCNC(=O)c1ccc(Cl)c(Br)c1. The molecule has 1 amide bonds. The van der Waals surface area contributed by atoms with E-state index >= 15 is 0 Å². The van der Waals surface area contributed by atoms with Gasteiger partial charge in [0.1, 0.15) is 0 Å². The second-order valence-electron chi connectivity index (χ2n) is 3.45. The number of alkyl halides is 1. The minimum atomic E-state index is -0.0782. The molecule has 0 saturated heterocycles. The highest BCUT2D eigenvalue weighted by Gasteiger charge is 2.07. The molecule has 5 heteroatoms. The second-order valence-corrected chi connectivity index (χ2v) is 6.28. The predicted octanol–water partition coefficient (Wildman–Crippen LogP) is 4.01. The molecule has 0 heterocycles. The van der Waals surface area contributed by atoms with Gasteiger partial charge in [0.2, 0.25) is 0 Å². The van der Waals surface area contributed by atoms with Gasteiger partial charge in [-0.05, 0) is 40.5 Å². The highest BCUT2D eigenvalue weighted by atomic mass is 79.9. The number of carbonyl (C=O) groups excluding carboxylic acids is 1. The molecule has 1 aromatic rings. The van der Waals surface area contributed by atoms with Gasteiger partial charge in [0, 0.05) is 21.4 Å². The van der Waals surface area contributed by atoms with Crippen LogP contribution in [0, 0.1) is 0 Å². The fraction of sp³-hybridized carbons (Fsp3) is 0.364. The van der Waals surface area contributed by atoms with E-state index in [0.29, 0.717) is 22.0 Å². The molecule has 88 valence electrons. The zero-order valence-electron chi connectivity index (χ0n) is 8.77. The molecule has 1 aromatic carbocycles. The van der Waals surface area contributed by atoms with E-state index in [1.54, 1.807) is 18.2 Å². The lowest BCUT2D eigenvalue weighted by Gasteiger charge is -2.07. The third-order valence-corrected chi connectivity index (χ3v) is 3.68. The Labute approximate surface area is 117 Å². The monoisotopic (exact) mass is 367 g/mol. The molecular weight excluding hydrogens is 357 g/mol. The lowest BCUT2D eigenvalue weighted by Crippen LogP contribution is -2.25. The summed E-state index contributed by atoms with van der Waals surface area (Å²) in [5, 5.41) is 3.45. The van der Waals surface area contributed by atoms with E-state index in [2.05, 4.69) is 37.2 Å². The molecule has 0 radical (unpaired) electrons. The lowest BCUT2D eigenvalue weighted by atomic mass is 10.2. The van der Waals surface area contributed by atoms with Gasteiger partial charge in [0.05, 0.1) is 5.02 Å². The number of halogens is 3. The maximum atomic E-state index is 11.7. The Morgan fingerprint density at radius 3 is 2.81 bits per heavy atom. The zero-order chi connectivity index (χ0) is 12.1. The largest absolute Gasteiger partial charge is 0.352 e. The molecular formula is C11H12Br2ClNO. The summed E-state index contributed by atoms with van der Waals surface area (Å²) in [7, 11) is 0. The maximum absolute atomic E-state index is 11.7. The molecule has 1 rings (SSSR count). The molecule has 0 aromatic heterocycles. The van der Waals surface area contributed by atoms with Crippen molar-refractivity contribution in [1.29, 1.82) is 0 Å². The van der Waals surface area contributed by atoms with Crippen molar-refractivity contribution in [3.8, 4) is 0 Å². The topological polar surface area (TPSA) is 29.1 Å². The van der Waals surface area contributed by atoms with Gasteiger partial charge < -0.3 is 5.32 Å². The van der Waals surface area contributed by atoms with E-state index in [4.69, 9.17) is 11.6 Å². The van der Waals surface area contributed by atoms with E-state index < -0.39 is 0 Å². The van der Waals surface area contributed by atoms with Crippen LogP contribution in [0.1, 0.15) is 23.7 Å². The predicted molar refractivity (Wildman–Crippen MR) is 74.5 cm³/mol. The first kappa shape index (κ1) is 14.0. The molecule has 0 spiro atoms. The van der Waals surface area contributed by atoms with Crippen LogP contribution < -0.4 is 5.32 Å². The van der Waals surface area contributed by atoms with E-state index in [1.807, 2.05) is 6.92 Å². The van der Waals surface area contributed by atoms with Crippen molar-refractivity contribution in [1.82, 2.24) is 5.32 Å². The van der Waals surface area contributed by atoms with Crippen LogP contribution in [-0.2, 0) is 0 Å². The Morgan fingerprint density at radius 2 is 2.25 bits per heavy atom. The van der Waals surface area contributed by atoms with Crippen LogP contribution in [0.25, 0.3) is 0 Å². The van der Waals surface area contributed by atoms with Gasteiger partial charge in [-0.25, -0.2) is 0 Å². The summed E-state index contributed by atoms with van der Waals surface area (Å²) < 4.78 is 0.732. The minimum Gasteiger partial charge on any atom is -0.352 e. The molecule has 0 saturated carbocycles. The van der Waals surface area contributed by atoms with Crippen molar-refractivity contribution in [2.24, 2.45) is 0 Å². The van der Waals surface area contributed by atoms with E-state index in [-0.39, 0.29) is 5.91 Å². The molecule has 0 aliphatic rings. The van der Waals surface area contributed by atoms with Gasteiger partial charge >= 0.3 is 0 Å². The number of hydrogen-bond donors (Lipinski definition) is 1. The molecule has 0 aliphatic heterocycles. The van der Waals surface area contributed by atoms with Crippen molar-refractivity contribution < 1.29 is 4.79 Å². The lowest BCUT2D eigenvalue weighted by molar-refractivity contribution is 0.0953. The summed E-state index contributed by atoms with van der Waals surface area (Å²) in [5.74, 6) is -0.0782. The standard InChI is InChI=1S/C11H12Br2ClNO/c1-7(12)4-5-15-11(16)8-2-3-10(14)9(13)6-8/h2-3,6-7H,4-5H2,1H3,(H,15,16). The summed E-state index contributed by atoms with van der Waals surface area (Å²) in [4.78, 5) is 12.1. The number of benzene rings is 1. The first-order valence-corrected chi connectivity index (χ1v) is 6.96. The minimum absolute atomic E-state index is 0.0782.